The second kappa shape index (κ2) is 12.3. The number of carbonyl (C=O) groups excluding carboxylic acids is 2. The molecule has 4 aliphatic carbocycles. The fourth-order valence-electron chi connectivity index (χ4n) is 9.84. The van der Waals surface area contributed by atoms with E-state index in [0.29, 0.717) is 38.1 Å². The van der Waals surface area contributed by atoms with Gasteiger partial charge in [0.2, 0.25) is 5.91 Å². The maximum atomic E-state index is 12.8. The molecule has 0 spiro atoms. The SMILES string of the molecule is COC(=O)[C@H](CCCCN)NC(=O)CC[C@@H](C)[C@H]1CCC2C3C(O)C[C@@H]4C[C@H](O)CC[C@]4(C)C3C[C@H](O)[C@@]21C. The number of fused-ring (bicyclic) bond motifs is 5. The summed E-state index contributed by atoms with van der Waals surface area (Å²) in [6.07, 6.45) is 8.01. The lowest BCUT2D eigenvalue weighted by molar-refractivity contribution is -0.207. The van der Waals surface area contributed by atoms with Crippen LogP contribution < -0.4 is 11.1 Å². The molecule has 4 fully saturated rings. The number of aliphatic hydroxyl groups excluding tert-OH is 3. The molecule has 4 unspecified atom stereocenters. The van der Waals surface area contributed by atoms with Gasteiger partial charge in [0, 0.05) is 6.42 Å². The van der Waals surface area contributed by atoms with Gasteiger partial charge in [-0.25, -0.2) is 4.79 Å². The summed E-state index contributed by atoms with van der Waals surface area (Å²) in [6.45, 7) is 7.34. The second-order valence-corrected chi connectivity index (χ2v) is 14.0. The Labute approximate surface area is 234 Å². The number of nitrogens with one attached hydrogen (secondary N) is 1. The van der Waals surface area contributed by atoms with Crippen molar-refractivity contribution in [2.75, 3.05) is 13.7 Å². The van der Waals surface area contributed by atoms with Crippen LogP contribution in [-0.2, 0) is 14.3 Å². The Morgan fingerprint density at radius 2 is 1.77 bits per heavy atom. The van der Waals surface area contributed by atoms with E-state index in [2.05, 4.69) is 26.1 Å². The number of methoxy groups -OCH3 is 1. The number of esters is 1. The molecule has 0 aliphatic heterocycles. The van der Waals surface area contributed by atoms with Crippen LogP contribution in [-0.4, -0.2) is 65.2 Å². The smallest absolute Gasteiger partial charge is 0.328 e. The molecular weight excluding hydrogens is 496 g/mol. The third kappa shape index (κ3) is 5.77. The highest BCUT2D eigenvalue weighted by Gasteiger charge is 2.65. The number of aliphatic hydroxyl groups is 3. The zero-order valence-corrected chi connectivity index (χ0v) is 24.6. The van der Waals surface area contributed by atoms with Crippen molar-refractivity contribution in [1.82, 2.24) is 5.32 Å². The van der Waals surface area contributed by atoms with E-state index < -0.39 is 18.1 Å². The number of ether oxygens (including phenoxy) is 1. The molecule has 4 aliphatic rings. The molecule has 8 heteroatoms. The molecule has 0 aromatic heterocycles. The summed E-state index contributed by atoms with van der Waals surface area (Å²) in [5.41, 5.74) is 5.35. The van der Waals surface area contributed by atoms with Gasteiger partial charge in [0.05, 0.1) is 25.4 Å². The van der Waals surface area contributed by atoms with Gasteiger partial charge in [0.1, 0.15) is 6.04 Å². The number of rotatable bonds is 10. The van der Waals surface area contributed by atoms with Crippen molar-refractivity contribution in [2.45, 2.75) is 122 Å². The highest BCUT2D eigenvalue weighted by Crippen LogP contribution is 2.68. The summed E-state index contributed by atoms with van der Waals surface area (Å²) in [6, 6.07) is -0.645. The van der Waals surface area contributed by atoms with Crippen molar-refractivity contribution in [3.05, 3.63) is 0 Å². The molecule has 8 nitrogen and oxygen atoms in total. The molecule has 1 amide bonds. The van der Waals surface area contributed by atoms with E-state index in [9.17, 15) is 24.9 Å². The number of hydrogen-bond acceptors (Lipinski definition) is 7. The number of nitrogens with two attached hydrogens (primary N) is 1. The molecule has 0 radical (unpaired) electrons. The summed E-state index contributed by atoms with van der Waals surface area (Å²) >= 11 is 0. The van der Waals surface area contributed by atoms with E-state index in [1.165, 1.54) is 7.11 Å². The van der Waals surface area contributed by atoms with Crippen LogP contribution in [0.4, 0.5) is 0 Å². The summed E-state index contributed by atoms with van der Waals surface area (Å²) in [5.74, 6) is 0.985. The Bertz CT molecular complexity index is 870. The van der Waals surface area contributed by atoms with Gasteiger partial charge in [-0.05, 0) is 124 Å². The summed E-state index contributed by atoms with van der Waals surface area (Å²) in [4.78, 5) is 25.0. The monoisotopic (exact) mass is 550 g/mol. The number of unbranched alkanes of at least 4 members (excludes halogenated alkanes) is 1. The van der Waals surface area contributed by atoms with Gasteiger partial charge in [-0.15, -0.1) is 0 Å². The molecule has 0 heterocycles. The van der Waals surface area contributed by atoms with E-state index in [1.54, 1.807) is 0 Å². The zero-order chi connectivity index (χ0) is 28.5. The van der Waals surface area contributed by atoms with Crippen LogP contribution in [0.1, 0.15) is 97.8 Å². The summed E-state index contributed by atoms with van der Waals surface area (Å²) < 4.78 is 4.89. The van der Waals surface area contributed by atoms with Crippen LogP contribution in [0.15, 0.2) is 0 Å². The maximum absolute atomic E-state index is 12.8. The minimum absolute atomic E-state index is 0.0631. The first-order valence-electron chi connectivity index (χ1n) is 15.6. The summed E-state index contributed by atoms with van der Waals surface area (Å²) in [7, 11) is 1.34. The van der Waals surface area contributed by atoms with Gasteiger partial charge in [0.15, 0.2) is 0 Å². The van der Waals surface area contributed by atoms with Crippen LogP contribution >= 0.6 is 0 Å². The third-order valence-electron chi connectivity index (χ3n) is 12.1. The van der Waals surface area contributed by atoms with Crippen molar-refractivity contribution in [3.8, 4) is 0 Å². The molecule has 0 aromatic rings. The average Bonchev–Trinajstić information content (AvgIpc) is 3.26. The number of amides is 1. The molecule has 12 atom stereocenters. The van der Waals surface area contributed by atoms with Crippen LogP contribution in [0.3, 0.4) is 0 Å². The van der Waals surface area contributed by atoms with E-state index in [-0.39, 0.29) is 58.5 Å². The molecule has 224 valence electrons. The first-order chi connectivity index (χ1) is 18.5. The van der Waals surface area contributed by atoms with Gasteiger partial charge in [0.25, 0.3) is 0 Å². The molecule has 0 saturated heterocycles. The second-order valence-electron chi connectivity index (χ2n) is 14.0. The quantitative estimate of drug-likeness (QED) is 0.208. The largest absolute Gasteiger partial charge is 0.467 e. The Morgan fingerprint density at radius 3 is 2.46 bits per heavy atom. The minimum atomic E-state index is -0.645. The van der Waals surface area contributed by atoms with Crippen molar-refractivity contribution in [2.24, 2.45) is 52.1 Å². The molecular formula is C31H54N2O6. The lowest BCUT2D eigenvalue weighted by Gasteiger charge is -2.63. The van der Waals surface area contributed by atoms with Crippen LogP contribution in [0, 0.1) is 46.3 Å². The van der Waals surface area contributed by atoms with Crippen molar-refractivity contribution in [1.29, 1.82) is 0 Å². The minimum Gasteiger partial charge on any atom is -0.467 e. The Morgan fingerprint density at radius 1 is 1.03 bits per heavy atom. The fraction of sp³-hybridized carbons (Fsp3) is 0.935. The third-order valence-corrected chi connectivity index (χ3v) is 12.1. The highest BCUT2D eigenvalue weighted by molar-refractivity contribution is 5.84. The van der Waals surface area contributed by atoms with E-state index in [4.69, 9.17) is 10.5 Å². The zero-order valence-electron chi connectivity index (χ0n) is 24.6. The van der Waals surface area contributed by atoms with Crippen molar-refractivity contribution < 1.29 is 29.6 Å². The standard InChI is InChI=1S/C31H54N2O6/c1-18(8-11-27(37)33-24(29(38)39-4)7-5-6-14-32)21-9-10-22-28-23(17-26(36)31(21,22)3)30(2)13-12-20(34)15-19(30)16-25(28)35/h18-26,28,34-36H,5-17,32H2,1-4H3,(H,33,37)/t18-,19+,20-,21-,22?,23?,24+,25?,26+,28?,30+,31-/m1/s1. The number of carbonyl (C=O) groups is 2. The summed E-state index contributed by atoms with van der Waals surface area (Å²) in [5, 5.41) is 36.4. The van der Waals surface area contributed by atoms with Gasteiger partial charge in [-0.2, -0.15) is 0 Å². The van der Waals surface area contributed by atoms with E-state index in [0.717, 1.165) is 51.4 Å². The fourth-order valence-corrected chi connectivity index (χ4v) is 9.84. The highest BCUT2D eigenvalue weighted by atomic mass is 16.5. The first-order valence-corrected chi connectivity index (χ1v) is 15.6. The molecule has 6 N–H and O–H groups in total. The average molecular weight is 551 g/mol. The molecule has 0 bridgehead atoms. The van der Waals surface area contributed by atoms with Crippen LogP contribution in [0.2, 0.25) is 0 Å². The lowest BCUT2D eigenvalue weighted by atomic mass is 9.43. The normalized spacial score (nSPS) is 43.0. The topological polar surface area (TPSA) is 142 Å². The van der Waals surface area contributed by atoms with Gasteiger partial charge < -0.3 is 31.1 Å². The first kappa shape index (κ1) is 30.7. The van der Waals surface area contributed by atoms with Crippen LogP contribution in [0.25, 0.3) is 0 Å². The molecule has 4 saturated carbocycles. The maximum Gasteiger partial charge on any atom is 0.328 e. The Balaban J connectivity index is 1.41. The van der Waals surface area contributed by atoms with E-state index >= 15 is 0 Å². The Kier molecular flexibility index (Phi) is 9.72. The van der Waals surface area contributed by atoms with Crippen molar-refractivity contribution >= 4 is 11.9 Å². The van der Waals surface area contributed by atoms with Gasteiger partial charge >= 0.3 is 5.97 Å². The van der Waals surface area contributed by atoms with E-state index in [1.807, 2.05) is 0 Å². The van der Waals surface area contributed by atoms with Crippen molar-refractivity contribution in [3.63, 3.8) is 0 Å². The predicted molar refractivity (Wildman–Crippen MR) is 149 cm³/mol. The molecule has 39 heavy (non-hydrogen) atoms. The molecule has 4 rings (SSSR count). The van der Waals surface area contributed by atoms with Crippen LogP contribution in [0.5, 0.6) is 0 Å². The lowest BCUT2D eigenvalue weighted by Crippen LogP contribution is -2.62. The van der Waals surface area contributed by atoms with Gasteiger partial charge in [-0.3, -0.25) is 4.79 Å². The molecule has 0 aromatic carbocycles. The van der Waals surface area contributed by atoms with Gasteiger partial charge in [-0.1, -0.05) is 20.8 Å². The Hall–Kier alpha value is -1.22. The predicted octanol–water partition coefficient (Wildman–Crippen LogP) is 3.15. The number of hydrogen-bond donors (Lipinski definition) is 5.